The first-order valence-electron chi connectivity index (χ1n) is 14.7. The van der Waals surface area contributed by atoms with Gasteiger partial charge in [-0.25, -0.2) is 13.1 Å². The van der Waals surface area contributed by atoms with Crippen LogP contribution in [0.5, 0.6) is 11.5 Å². The number of piperidine rings is 1. The molecule has 44 heavy (non-hydrogen) atoms. The zero-order chi connectivity index (χ0) is 31.6. The highest BCUT2D eigenvalue weighted by molar-refractivity contribution is 7.89. The van der Waals surface area contributed by atoms with Gasteiger partial charge in [0.2, 0.25) is 10.0 Å². The van der Waals surface area contributed by atoms with Crippen LogP contribution in [0, 0.1) is 5.41 Å². The molecule has 0 bridgehead atoms. The van der Waals surface area contributed by atoms with Crippen molar-refractivity contribution in [3.05, 3.63) is 83.9 Å². The average Bonchev–Trinajstić information content (AvgIpc) is 3.02. The Morgan fingerprint density at radius 2 is 1.66 bits per heavy atom. The van der Waals surface area contributed by atoms with Crippen LogP contribution >= 0.6 is 7.60 Å². The van der Waals surface area contributed by atoms with Crippen LogP contribution in [0.3, 0.4) is 0 Å². The quantitative estimate of drug-likeness (QED) is 0.103. The predicted octanol–water partition coefficient (Wildman–Crippen LogP) is 3.96. The van der Waals surface area contributed by atoms with Gasteiger partial charge in [0, 0.05) is 5.56 Å². The van der Waals surface area contributed by atoms with Crippen LogP contribution in [0.1, 0.15) is 37.8 Å². The molecule has 0 unspecified atom stereocenters. The number of nitrogen functional groups attached to an aromatic ring is 1. The molecule has 1 fully saturated rings. The maximum Gasteiger partial charge on any atom is 0.361 e. The molecule has 1 saturated heterocycles. The number of amidine groups is 1. The molecular weight excluding hydrogens is 603 g/mol. The fourth-order valence-corrected chi connectivity index (χ4v) is 7.59. The zero-order valence-corrected chi connectivity index (χ0v) is 26.7. The monoisotopic (exact) mass is 644 g/mol. The molecule has 238 valence electrons. The van der Waals surface area contributed by atoms with Crippen molar-refractivity contribution in [2.45, 2.75) is 50.2 Å². The number of rotatable bonds is 16. The van der Waals surface area contributed by atoms with E-state index in [9.17, 15) is 13.0 Å². The third-order valence-electron chi connectivity index (χ3n) is 6.97. The van der Waals surface area contributed by atoms with Gasteiger partial charge in [-0.1, -0.05) is 24.3 Å². The number of nitrogens with one attached hydrogen (secondary N) is 3. The summed E-state index contributed by atoms with van der Waals surface area (Å²) in [6, 6.07) is 19.4. The average molecular weight is 645 g/mol. The third-order valence-corrected chi connectivity index (χ3v) is 10.6. The van der Waals surface area contributed by atoms with Crippen molar-refractivity contribution in [1.82, 2.24) is 10.0 Å². The molecule has 0 aromatic heterocycles. The Bertz CT molecular complexity index is 1520. The number of sulfonamides is 1. The van der Waals surface area contributed by atoms with Gasteiger partial charge in [-0.2, -0.15) is 0 Å². The largest absolute Gasteiger partial charge is 0.492 e. The SMILES string of the molecule is CCOP(=O)(OCC)c1ccc(S(=O)(=O)N[C@H](COc2cccc(C(=N)N)c2)Cc2ccc(OC3CCNCC3)cc2)cc1. The highest BCUT2D eigenvalue weighted by Crippen LogP contribution is 2.46. The Hall–Kier alpha value is -3.25. The predicted molar refractivity (Wildman–Crippen MR) is 171 cm³/mol. The second-order valence-corrected chi connectivity index (χ2v) is 14.1. The van der Waals surface area contributed by atoms with Crippen molar-refractivity contribution in [3.63, 3.8) is 0 Å². The maximum absolute atomic E-state index is 13.5. The minimum Gasteiger partial charge on any atom is -0.492 e. The number of hydrogen-bond acceptors (Lipinski definition) is 9. The summed E-state index contributed by atoms with van der Waals surface area (Å²) in [6.45, 7) is 5.66. The molecule has 11 nitrogen and oxygen atoms in total. The lowest BCUT2D eigenvalue weighted by Crippen LogP contribution is -2.40. The van der Waals surface area contributed by atoms with Crippen molar-refractivity contribution in [3.8, 4) is 11.5 Å². The van der Waals surface area contributed by atoms with Gasteiger partial charge < -0.3 is 29.6 Å². The fraction of sp³-hybridized carbons (Fsp3) is 0.387. The summed E-state index contributed by atoms with van der Waals surface area (Å²) < 4.78 is 65.7. The molecule has 1 aliphatic heterocycles. The van der Waals surface area contributed by atoms with E-state index in [0.29, 0.717) is 17.7 Å². The standard InChI is InChI=1S/C31H41N4O7PS/c1-3-40-43(36,41-4-2)29-12-14-30(15-13-29)44(37,38)35-25(22-39-28-7-5-6-24(21-28)31(32)33)20-23-8-10-26(11-9-23)42-27-16-18-34-19-17-27/h5-15,21,25,27,34-35H,3-4,16-20,22H2,1-2H3,(H3,32,33)/t25-/m0/s1. The van der Waals surface area contributed by atoms with Gasteiger partial charge in [-0.15, -0.1) is 0 Å². The van der Waals surface area contributed by atoms with E-state index < -0.39 is 23.7 Å². The summed E-state index contributed by atoms with van der Waals surface area (Å²) in [7, 11) is -7.57. The number of hydrogen-bond donors (Lipinski definition) is 4. The fourth-order valence-electron chi connectivity index (χ4n) is 4.80. The summed E-state index contributed by atoms with van der Waals surface area (Å²) in [5.74, 6) is 1.13. The first-order chi connectivity index (χ1) is 21.1. The Balaban J connectivity index is 1.51. The van der Waals surface area contributed by atoms with Gasteiger partial charge in [0.25, 0.3) is 0 Å². The second-order valence-electron chi connectivity index (χ2n) is 10.3. The van der Waals surface area contributed by atoms with Gasteiger partial charge in [0.15, 0.2) is 0 Å². The number of ether oxygens (including phenoxy) is 2. The van der Waals surface area contributed by atoms with Crippen LogP contribution in [0.4, 0.5) is 0 Å². The number of benzene rings is 3. The van der Waals surface area contributed by atoms with E-state index in [1.165, 1.54) is 24.3 Å². The van der Waals surface area contributed by atoms with Crippen LogP contribution in [0.15, 0.2) is 77.7 Å². The van der Waals surface area contributed by atoms with Crippen LogP contribution in [0.25, 0.3) is 0 Å². The minimum atomic E-state index is -4.01. The normalized spacial score (nSPS) is 15.0. The molecule has 1 atom stereocenters. The van der Waals surface area contributed by atoms with Crippen molar-refractivity contribution in [2.24, 2.45) is 5.73 Å². The first-order valence-corrected chi connectivity index (χ1v) is 17.7. The Labute approximate surface area is 259 Å². The zero-order valence-electron chi connectivity index (χ0n) is 25.0. The van der Waals surface area contributed by atoms with E-state index in [1.54, 1.807) is 38.1 Å². The lowest BCUT2D eigenvalue weighted by Gasteiger charge is -2.24. The summed E-state index contributed by atoms with van der Waals surface area (Å²) in [5, 5.41) is 11.3. The van der Waals surface area contributed by atoms with Gasteiger partial charge in [-0.3, -0.25) is 9.97 Å². The molecule has 0 amide bonds. The molecule has 3 aromatic carbocycles. The van der Waals surface area contributed by atoms with Crippen molar-refractivity contribution < 1.29 is 31.5 Å². The molecule has 0 aliphatic carbocycles. The van der Waals surface area contributed by atoms with Gasteiger partial charge in [0.1, 0.15) is 30.0 Å². The smallest absolute Gasteiger partial charge is 0.361 e. The molecule has 1 heterocycles. The topological polar surface area (TPSA) is 162 Å². The van der Waals surface area contributed by atoms with E-state index in [0.717, 1.165) is 37.2 Å². The van der Waals surface area contributed by atoms with Crippen LogP contribution in [-0.2, 0) is 30.1 Å². The minimum absolute atomic E-state index is 0.00454. The third kappa shape index (κ3) is 9.37. The molecule has 4 rings (SSSR count). The number of nitrogens with two attached hydrogens (primary N) is 1. The van der Waals surface area contributed by atoms with E-state index in [4.69, 9.17) is 29.7 Å². The molecule has 5 N–H and O–H groups in total. The summed E-state index contributed by atoms with van der Waals surface area (Å²) in [5.41, 5.74) is 7.01. The molecule has 1 aliphatic rings. The van der Waals surface area contributed by atoms with Crippen LogP contribution in [0.2, 0.25) is 0 Å². The van der Waals surface area contributed by atoms with E-state index in [-0.39, 0.29) is 42.0 Å². The molecule has 0 spiro atoms. The van der Waals surface area contributed by atoms with Crippen LogP contribution in [-0.4, -0.2) is 59.3 Å². The molecule has 3 aromatic rings. The van der Waals surface area contributed by atoms with Gasteiger partial charge in [-0.05, 0) is 100 Å². The summed E-state index contributed by atoms with van der Waals surface area (Å²) in [4.78, 5) is -0.00454. The first kappa shape index (κ1) is 33.6. The Kier molecular flexibility index (Phi) is 12.0. The van der Waals surface area contributed by atoms with E-state index in [2.05, 4.69) is 10.0 Å². The molecule has 13 heteroatoms. The van der Waals surface area contributed by atoms with Crippen molar-refractivity contribution >= 4 is 28.8 Å². The van der Waals surface area contributed by atoms with Crippen molar-refractivity contribution in [2.75, 3.05) is 32.9 Å². The molecular formula is C31H41N4O7PS. The van der Waals surface area contributed by atoms with Gasteiger partial charge in [0.05, 0.1) is 29.5 Å². The lowest BCUT2D eigenvalue weighted by atomic mass is 10.1. The Morgan fingerprint density at radius 3 is 2.27 bits per heavy atom. The van der Waals surface area contributed by atoms with E-state index in [1.807, 2.05) is 24.3 Å². The van der Waals surface area contributed by atoms with Gasteiger partial charge >= 0.3 is 7.60 Å². The highest BCUT2D eigenvalue weighted by Gasteiger charge is 2.28. The summed E-state index contributed by atoms with van der Waals surface area (Å²) >= 11 is 0. The Morgan fingerprint density at radius 1 is 1.00 bits per heavy atom. The second kappa shape index (κ2) is 15.7. The lowest BCUT2D eigenvalue weighted by molar-refractivity contribution is 0.162. The molecule has 0 radical (unpaired) electrons. The molecule has 0 saturated carbocycles. The maximum atomic E-state index is 13.5. The summed E-state index contributed by atoms with van der Waals surface area (Å²) in [6.07, 6.45) is 2.40. The van der Waals surface area contributed by atoms with Crippen LogP contribution < -0.4 is 30.6 Å². The highest BCUT2D eigenvalue weighted by atomic mass is 32.2. The van der Waals surface area contributed by atoms with E-state index >= 15 is 0 Å². The van der Waals surface area contributed by atoms with Crippen molar-refractivity contribution in [1.29, 1.82) is 5.41 Å².